The van der Waals surface area contributed by atoms with Crippen molar-refractivity contribution in [1.29, 1.82) is 0 Å². The van der Waals surface area contributed by atoms with Crippen molar-refractivity contribution in [2.24, 2.45) is 0 Å². The molecule has 0 saturated heterocycles. The third-order valence-electron chi connectivity index (χ3n) is 2.62. The number of hydrogen-bond donors (Lipinski definition) is 2. The Balaban J connectivity index is 2.01. The first kappa shape index (κ1) is 14.5. The predicted octanol–water partition coefficient (Wildman–Crippen LogP) is 3.23. The van der Waals surface area contributed by atoms with Gasteiger partial charge in [-0.05, 0) is 34.1 Å². The van der Waals surface area contributed by atoms with E-state index in [2.05, 4.69) is 31.2 Å². The van der Waals surface area contributed by atoms with Gasteiger partial charge in [0.1, 0.15) is 5.82 Å². The van der Waals surface area contributed by atoms with E-state index in [1.807, 2.05) is 24.4 Å². The van der Waals surface area contributed by atoms with Gasteiger partial charge < -0.3 is 15.0 Å². The van der Waals surface area contributed by atoms with Gasteiger partial charge in [0.25, 0.3) is 0 Å². The fraction of sp³-hybridized carbons (Fsp3) is 0.308. The lowest BCUT2D eigenvalue weighted by Gasteiger charge is -2.02. The van der Waals surface area contributed by atoms with E-state index < -0.39 is 0 Å². The molecule has 1 aromatic carbocycles. The Labute approximate surface area is 125 Å². The van der Waals surface area contributed by atoms with Crippen molar-refractivity contribution in [2.75, 3.05) is 20.3 Å². The van der Waals surface area contributed by atoms with Gasteiger partial charge in [-0.25, -0.2) is 4.98 Å². The van der Waals surface area contributed by atoms with Gasteiger partial charge in [-0.3, -0.25) is 0 Å². The van der Waals surface area contributed by atoms with Crippen LogP contribution in [0.1, 0.15) is 5.69 Å². The van der Waals surface area contributed by atoms with E-state index in [0.717, 1.165) is 34.6 Å². The number of imidazole rings is 1. The number of halogens is 2. The molecule has 0 spiro atoms. The molecule has 0 bridgehead atoms. The van der Waals surface area contributed by atoms with Crippen LogP contribution in [0.15, 0.2) is 28.9 Å². The summed E-state index contributed by atoms with van der Waals surface area (Å²) in [5.41, 5.74) is 2.04. The molecule has 4 nitrogen and oxygen atoms in total. The monoisotopic (exact) mass is 343 g/mol. The highest BCUT2D eigenvalue weighted by Crippen LogP contribution is 2.27. The molecule has 2 rings (SSSR count). The molecule has 1 heterocycles. The summed E-state index contributed by atoms with van der Waals surface area (Å²) in [6.45, 7) is 2.26. The predicted molar refractivity (Wildman–Crippen MR) is 80.3 cm³/mol. The molecule has 2 N–H and O–H groups in total. The third kappa shape index (κ3) is 4.04. The van der Waals surface area contributed by atoms with Gasteiger partial charge in [0.2, 0.25) is 0 Å². The largest absolute Gasteiger partial charge is 0.383 e. The highest BCUT2D eigenvalue weighted by atomic mass is 79.9. The van der Waals surface area contributed by atoms with Crippen LogP contribution >= 0.6 is 27.5 Å². The summed E-state index contributed by atoms with van der Waals surface area (Å²) >= 11 is 9.38. The smallest absolute Gasteiger partial charge is 0.137 e. The first-order valence-corrected chi connectivity index (χ1v) is 7.07. The third-order valence-corrected chi connectivity index (χ3v) is 3.83. The second-order valence-electron chi connectivity index (χ2n) is 4.06. The van der Waals surface area contributed by atoms with Crippen molar-refractivity contribution in [1.82, 2.24) is 15.3 Å². The molecule has 0 saturated carbocycles. The van der Waals surface area contributed by atoms with Crippen molar-refractivity contribution in [2.45, 2.75) is 6.54 Å². The van der Waals surface area contributed by atoms with Gasteiger partial charge in [-0.15, -0.1) is 0 Å². The minimum Gasteiger partial charge on any atom is -0.383 e. The van der Waals surface area contributed by atoms with Crippen LogP contribution in [-0.2, 0) is 11.3 Å². The van der Waals surface area contributed by atoms with E-state index in [9.17, 15) is 0 Å². The maximum absolute atomic E-state index is 5.97. The lowest BCUT2D eigenvalue weighted by Crippen LogP contribution is -2.18. The quantitative estimate of drug-likeness (QED) is 0.791. The minimum absolute atomic E-state index is 0.691. The molecule has 19 heavy (non-hydrogen) atoms. The first-order chi connectivity index (χ1) is 9.20. The molecule has 0 unspecified atom stereocenters. The molecule has 0 amide bonds. The summed E-state index contributed by atoms with van der Waals surface area (Å²) < 4.78 is 5.84. The van der Waals surface area contributed by atoms with Crippen LogP contribution in [-0.4, -0.2) is 30.2 Å². The molecule has 102 valence electrons. The zero-order valence-corrected chi connectivity index (χ0v) is 12.9. The summed E-state index contributed by atoms with van der Waals surface area (Å²) in [6.07, 6.45) is 1.83. The molecule has 2 aromatic rings. The van der Waals surface area contributed by atoms with E-state index in [1.165, 1.54) is 0 Å². The number of aromatic nitrogens is 2. The first-order valence-electron chi connectivity index (χ1n) is 5.89. The summed E-state index contributed by atoms with van der Waals surface area (Å²) in [6, 6.07) is 5.73. The molecule has 0 atom stereocenters. The van der Waals surface area contributed by atoms with Crippen molar-refractivity contribution >= 4 is 27.5 Å². The SMILES string of the molecule is COCCNCc1cnc(-c2ccc(Cl)c(Br)c2)[nH]1. The van der Waals surface area contributed by atoms with Gasteiger partial charge in [0.05, 0.1) is 11.6 Å². The number of hydrogen-bond acceptors (Lipinski definition) is 3. The van der Waals surface area contributed by atoms with Crippen molar-refractivity contribution in [3.63, 3.8) is 0 Å². The van der Waals surface area contributed by atoms with Gasteiger partial charge in [0.15, 0.2) is 0 Å². The van der Waals surface area contributed by atoms with Gasteiger partial charge in [-0.2, -0.15) is 0 Å². The number of nitrogens with one attached hydrogen (secondary N) is 2. The second-order valence-corrected chi connectivity index (χ2v) is 5.32. The fourth-order valence-corrected chi connectivity index (χ4v) is 2.13. The highest BCUT2D eigenvalue weighted by Gasteiger charge is 2.05. The Hall–Kier alpha value is -0.880. The molecule has 0 fully saturated rings. The molecule has 0 aliphatic carbocycles. The molecule has 6 heteroatoms. The standard InChI is InChI=1S/C13H15BrClN3O/c1-19-5-4-16-7-10-8-17-13(18-10)9-2-3-12(15)11(14)6-9/h2-3,6,8,16H,4-5,7H2,1H3,(H,17,18). The second kappa shape index (κ2) is 7.05. The average molecular weight is 345 g/mol. The molecule has 0 radical (unpaired) electrons. The van der Waals surface area contributed by atoms with E-state index >= 15 is 0 Å². The molecule has 1 aromatic heterocycles. The average Bonchev–Trinajstić information content (AvgIpc) is 2.87. The number of H-pyrrole nitrogens is 1. The number of benzene rings is 1. The Morgan fingerprint density at radius 3 is 3.05 bits per heavy atom. The summed E-state index contributed by atoms with van der Waals surface area (Å²) in [7, 11) is 1.69. The van der Waals surface area contributed by atoms with Crippen LogP contribution in [0.25, 0.3) is 11.4 Å². The van der Waals surface area contributed by atoms with Crippen molar-refractivity contribution in [3.8, 4) is 11.4 Å². The molecular formula is C13H15BrClN3O. The summed E-state index contributed by atoms with van der Waals surface area (Å²) in [5.74, 6) is 0.834. The topological polar surface area (TPSA) is 49.9 Å². The summed E-state index contributed by atoms with van der Waals surface area (Å²) in [5, 5.41) is 3.95. The number of rotatable bonds is 6. The van der Waals surface area contributed by atoms with Crippen LogP contribution in [0.4, 0.5) is 0 Å². The molecule has 0 aliphatic heterocycles. The zero-order valence-electron chi connectivity index (χ0n) is 10.5. The van der Waals surface area contributed by atoms with E-state index in [1.54, 1.807) is 7.11 Å². The zero-order chi connectivity index (χ0) is 13.7. The van der Waals surface area contributed by atoms with Gasteiger partial charge in [-0.1, -0.05) is 11.6 Å². The summed E-state index contributed by atoms with van der Waals surface area (Å²) in [4.78, 5) is 7.64. The van der Waals surface area contributed by atoms with Crippen LogP contribution in [0.2, 0.25) is 5.02 Å². The fourth-order valence-electron chi connectivity index (χ4n) is 1.64. The number of methoxy groups -OCH3 is 1. The van der Waals surface area contributed by atoms with E-state index in [0.29, 0.717) is 11.6 Å². The highest BCUT2D eigenvalue weighted by molar-refractivity contribution is 9.10. The van der Waals surface area contributed by atoms with Crippen molar-refractivity contribution < 1.29 is 4.74 Å². The van der Waals surface area contributed by atoms with Gasteiger partial charge >= 0.3 is 0 Å². The number of aromatic amines is 1. The van der Waals surface area contributed by atoms with E-state index in [4.69, 9.17) is 16.3 Å². The Morgan fingerprint density at radius 2 is 2.32 bits per heavy atom. The molecule has 0 aliphatic rings. The van der Waals surface area contributed by atoms with Crippen molar-refractivity contribution in [3.05, 3.63) is 39.6 Å². The Kier molecular flexibility index (Phi) is 5.39. The Morgan fingerprint density at radius 1 is 1.47 bits per heavy atom. The molecular weight excluding hydrogens is 330 g/mol. The number of ether oxygens (including phenoxy) is 1. The maximum Gasteiger partial charge on any atom is 0.137 e. The van der Waals surface area contributed by atoms with Crippen LogP contribution < -0.4 is 5.32 Å². The lowest BCUT2D eigenvalue weighted by atomic mass is 10.2. The normalized spacial score (nSPS) is 10.9. The van der Waals surface area contributed by atoms with Crippen LogP contribution in [0.3, 0.4) is 0 Å². The van der Waals surface area contributed by atoms with E-state index in [-0.39, 0.29) is 0 Å². The Bertz CT molecular complexity index is 544. The van der Waals surface area contributed by atoms with Crippen LogP contribution in [0.5, 0.6) is 0 Å². The maximum atomic E-state index is 5.97. The lowest BCUT2D eigenvalue weighted by molar-refractivity contribution is 0.199. The minimum atomic E-state index is 0.691. The van der Waals surface area contributed by atoms with Gasteiger partial charge in [0, 0.05) is 42.1 Å². The number of nitrogens with zero attached hydrogens (tertiary/aromatic N) is 1. The van der Waals surface area contributed by atoms with Crippen LogP contribution in [0, 0.1) is 0 Å².